The van der Waals surface area contributed by atoms with E-state index in [0.717, 1.165) is 13.1 Å². The number of rotatable bonds is 13. The Kier molecular flexibility index (Phi) is 13.4. The molecule has 0 radical (unpaired) electrons. The van der Waals surface area contributed by atoms with Crippen LogP contribution in [-0.4, -0.2) is 71.0 Å². The Hall–Kier alpha value is -1.33. The molecule has 2 N–H and O–H groups in total. The zero-order valence-electron chi connectivity index (χ0n) is 14.5. The van der Waals surface area contributed by atoms with Gasteiger partial charge in [-0.15, -0.1) is 6.42 Å². The molecule has 0 aromatic heterocycles. The third-order valence-corrected chi connectivity index (χ3v) is 2.32. The minimum absolute atomic E-state index is 0.321. The molecule has 0 saturated carbocycles. The van der Waals surface area contributed by atoms with Gasteiger partial charge in [0.05, 0.1) is 33.0 Å². The third kappa shape index (κ3) is 18.6. The van der Waals surface area contributed by atoms with Crippen molar-refractivity contribution in [3.05, 3.63) is 0 Å². The first-order valence-corrected chi connectivity index (χ1v) is 7.80. The van der Waals surface area contributed by atoms with Crippen LogP contribution in [-0.2, 0) is 18.9 Å². The van der Waals surface area contributed by atoms with Crippen molar-refractivity contribution in [1.82, 2.24) is 10.6 Å². The summed E-state index contributed by atoms with van der Waals surface area (Å²) in [5.41, 5.74) is -0.482. The zero-order chi connectivity index (χ0) is 17.4. The standard InChI is InChI=1S/C16H30N2O5/c1-5-9-20-13-14-22-11-7-17-6-10-21-12-8-18-15(19)23-16(2,3)4/h1,17H,6-14H2,2-4H3,(H,18,19). The number of carbonyl (C=O) groups excluding carboxylic acids is 1. The van der Waals surface area contributed by atoms with Crippen LogP contribution in [0, 0.1) is 12.3 Å². The summed E-state index contributed by atoms with van der Waals surface area (Å²) in [4.78, 5) is 11.3. The highest BCUT2D eigenvalue weighted by molar-refractivity contribution is 5.67. The molecule has 0 saturated heterocycles. The molecule has 7 heteroatoms. The average Bonchev–Trinajstić information content (AvgIpc) is 2.46. The minimum atomic E-state index is -0.482. The van der Waals surface area contributed by atoms with E-state index in [0.29, 0.717) is 46.2 Å². The van der Waals surface area contributed by atoms with Crippen LogP contribution < -0.4 is 10.6 Å². The topological polar surface area (TPSA) is 78.0 Å². The second kappa shape index (κ2) is 14.3. The Balaban J connectivity index is 3.17. The number of carbonyl (C=O) groups is 1. The number of ether oxygens (including phenoxy) is 4. The summed E-state index contributed by atoms with van der Waals surface area (Å²) in [7, 11) is 0. The summed E-state index contributed by atoms with van der Waals surface area (Å²) in [6.07, 6.45) is 4.61. The van der Waals surface area contributed by atoms with E-state index < -0.39 is 11.7 Å². The van der Waals surface area contributed by atoms with Gasteiger partial charge >= 0.3 is 6.09 Å². The van der Waals surface area contributed by atoms with Crippen molar-refractivity contribution in [2.24, 2.45) is 0 Å². The van der Waals surface area contributed by atoms with Gasteiger partial charge in [-0.25, -0.2) is 4.79 Å². The number of nitrogens with one attached hydrogen (secondary N) is 2. The molecular formula is C16H30N2O5. The largest absolute Gasteiger partial charge is 0.444 e. The van der Waals surface area contributed by atoms with Crippen LogP contribution in [0.25, 0.3) is 0 Å². The lowest BCUT2D eigenvalue weighted by atomic mass is 10.2. The fraction of sp³-hybridized carbons (Fsp3) is 0.812. The molecule has 0 aliphatic heterocycles. The molecule has 0 bridgehead atoms. The third-order valence-electron chi connectivity index (χ3n) is 2.32. The first-order chi connectivity index (χ1) is 11.0. The average molecular weight is 330 g/mol. The number of amides is 1. The van der Waals surface area contributed by atoms with E-state index in [1.807, 2.05) is 20.8 Å². The molecule has 0 spiro atoms. The molecule has 7 nitrogen and oxygen atoms in total. The summed E-state index contributed by atoms with van der Waals surface area (Å²) < 4.78 is 20.9. The van der Waals surface area contributed by atoms with Gasteiger partial charge in [0, 0.05) is 19.6 Å². The minimum Gasteiger partial charge on any atom is -0.444 e. The van der Waals surface area contributed by atoms with Crippen molar-refractivity contribution in [2.45, 2.75) is 26.4 Å². The van der Waals surface area contributed by atoms with E-state index in [-0.39, 0.29) is 0 Å². The lowest BCUT2D eigenvalue weighted by Crippen LogP contribution is -2.34. The van der Waals surface area contributed by atoms with Gasteiger partial charge < -0.3 is 29.6 Å². The Bertz CT molecular complexity index is 336. The molecule has 0 atom stereocenters. The van der Waals surface area contributed by atoms with Gasteiger partial charge in [-0.2, -0.15) is 0 Å². The second-order valence-corrected chi connectivity index (χ2v) is 5.66. The Morgan fingerprint density at radius 3 is 2.13 bits per heavy atom. The maximum absolute atomic E-state index is 11.3. The van der Waals surface area contributed by atoms with E-state index in [1.165, 1.54) is 0 Å². The molecule has 1 amide bonds. The van der Waals surface area contributed by atoms with Crippen LogP contribution in [0.15, 0.2) is 0 Å². The van der Waals surface area contributed by atoms with Crippen LogP contribution in [0.5, 0.6) is 0 Å². The predicted molar refractivity (Wildman–Crippen MR) is 88.4 cm³/mol. The normalized spacial score (nSPS) is 11.0. The van der Waals surface area contributed by atoms with Crippen LogP contribution >= 0.6 is 0 Å². The van der Waals surface area contributed by atoms with Gasteiger partial charge in [-0.3, -0.25) is 0 Å². The van der Waals surface area contributed by atoms with E-state index in [9.17, 15) is 4.79 Å². The number of hydrogen-bond acceptors (Lipinski definition) is 6. The summed E-state index contributed by atoms with van der Waals surface area (Å²) in [6.45, 7) is 10.4. The molecule has 134 valence electrons. The monoisotopic (exact) mass is 330 g/mol. The molecule has 23 heavy (non-hydrogen) atoms. The molecule has 0 fully saturated rings. The van der Waals surface area contributed by atoms with Crippen LogP contribution in [0.2, 0.25) is 0 Å². The van der Waals surface area contributed by atoms with Crippen molar-refractivity contribution in [3.8, 4) is 12.3 Å². The highest BCUT2D eigenvalue weighted by Crippen LogP contribution is 2.05. The highest BCUT2D eigenvalue weighted by atomic mass is 16.6. The van der Waals surface area contributed by atoms with Crippen LogP contribution in [0.4, 0.5) is 4.79 Å². The fourth-order valence-corrected chi connectivity index (χ4v) is 1.41. The fourth-order valence-electron chi connectivity index (χ4n) is 1.41. The molecule has 0 aliphatic carbocycles. The highest BCUT2D eigenvalue weighted by Gasteiger charge is 2.15. The first kappa shape index (κ1) is 21.7. The lowest BCUT2D eigenvalue weighted by Gasteiger charge is -2.19. The molecule has 0 aliphatic rings. The van der Waals surface area contributed by atoms with E-state index in [4.69, 9.17) is 25.4 Å². The molecule has 0 heterocycles. The Labute approximate surface area is 139 Å². The van der Waals surface area contributed by atoms with Crippen LogP contribution in [0.1, 0.15) is 20.8 Å². The van der Waals surface area contributed by atoms with Crippen molar-refractivity contribution >= 4 is 6.09 Å². The molecule has 0 unspecified atom stereocenters. The van der Waals surface area contributed by atoms with E-state index >= 15 is 0 Å². The summed E-state index contributed by atoms with van der Waals surface area (Å²) in [6, 6.07) is 0. The van der Waals surface area contributed by atoms with Gasteiger partial charge in [0.1, 0.15) is 12.2 Å². The van der Waals surface area contributed by atoms with Crippen molar-refractivity contribution < 1.29 is 23.7 Å². The molecular weight excluding hydrogens is 300 g/mol. The molecule has 0 aromatic rings. The Morgan fingerprint density at radius 1 is 0.957 bits per heavy atom. The zero-order valence-corrected chi connectivity index (χ0v) is 14.5. The Morgan fingerprint density at radius 2 is 1.52 bits per heavy atom. The van der Waals surface area contributed by atoms with Gasteiger partial charge in [-0.1, -0.05) is 5.92 Å². The lowest BCUT2D eigenvalue weighted by molar-refractivity contribution is 0.0497. The SMILES string of the molecule is C#CCOCCOCCNCCOCCNC(=O)OC(C)(C)C. The second-order valence-electron chi connectivity index (χ2n) is 5.66. The number of alkyl carbamates (subject to hydrolysis) is 1. The number of hydrogen-bond donors (Lipinski definition) is 2. The van der Waals surface area contributed by atoms with Gasteiger partial charge in [0.25, 0.3) is 0 Å². The van der Waals surface area contributed by atoms with Gasteiger partial charge in [0.15, 0.2) is 0 Å². The maximum atomic E-state index is 11.3. The molecule has 0 rings (SSSR count). The van der Waals surface area contributed by atoms with Crippen molar-refractivity contribution in [2.75, 3.05) is 59.3 Å². The van der Waals surface area contributed by atoms with E-state index in [1.54, 1.807) is 0 Å². The molecule has 0 aromatic carbocycles. The summed E-state index contributed by atoms with van der Waals surface area (Å²) in [5, 5.41) is 5.81. The summed E-state index contributed by atoms with van der Waals surface area (Å²) in [5.74, 6) is 2.39. The van der Waals surface area contributed by atoms with E-state index in [2.05, 4.69) is 16.6 Å². The van der Waals surface area contributed by atoms with Crippen LogP contribution in [0.3, 0.4) is 0 Å². The number of terminal acetylenes is 1. The van der Waals surface area contributed by atoms with Crippen molar-refractivity contribution in [1.29, 1.82) is 0 Å². The smallest absolute Gasteiger partial charge is 0.407 e. The first-order valence-electron chi connectivity index (χ1n) is 7.80. The van der Waals surface area contributed by atoms with Gasteiger partial charge in [0.2, 0.25) is 0 Å². The quantitative estimate of drug-likeness (QED) is 0.384. The summed E-state index contributed by atoms with van der Waals surface area (Å²) >= 11 is 0. The van der Waals surface area contributed by atoms with Crippen molar-refractivity contribution in [3.63, 3.8) is 0 Å². The maximum Gasteiger partial charge on any atom is 0.407 e. The van der Waals surface area contributed by atoms with Gasteiger partial charge in [-0.05, 0) is 20.8 Å². The predicted octanol–water partition coefficient (Wildman–Crippen LogP) is 0.784.